The number of nitrogen functional groups attached to an aromatic ring is 1. The normalized spacial score (nSPS) is 18.4. The van der Waals surface area contributed by atoms with Crippen LogP contribution in [0.4, 0.5) is 11.6 Å². The number of nitrogens with zero attached hydrogens (tertiary/aromatic N) is 2. The summed E-state index contributed by atoms with van der Waals surface area (Å²) in [5.41, 5.74) is 2.58. The fourth-order valence-electron chi connectivity index (χ4n) is 1.91. The third-order valence-corrected chi connectivity index (χ3v) is 3.61. The van der Waals surface area contributed by atoms with Crippen LogP contribution in [0.3, 0.4) is 0 Å². The van der Waals surface area contributed by atoms with Crippen LogP contribution in [0.2, 0.25) is 0 Å². The van der Waals surface area contributed by atoms with Crippen molar-refractivity contribution in [3.05, 3.63) is 6.07 Å². The van der Waals surface area contributed by atoms with Gasteiger partial charge in [0, 0.05) is 24.8 Å². The van der Waals surface area contributed by atoms with Crippen LogP contribution in [0.5, 0.6) is 0 Å². The molecule has 6 nitrogen and oxygen atoms in total. The number of hydrogen-bond donors (Lipinski definition) is 3. The molecule has 1 aliphatic heterocycles. The molecule has 1 aromatic rings. The molecule has 0 aromatic carbocycles. The molecule has 0 aliphatic carbocycles. The first kappa shape index (κ1) is 13.4. The van der Waals surface area contributed by atoms with Crippen molar-refractivity contribution < 1.29 is 4.74 Å². The summed E-state index contributed by atoms with van der Waals surface area (Å²) in [6.45, 7) is 3.75. The number of rotatable bonds is 4. The van der Waals surface area contributed by atoms with Crippen molar-refractivity contribution in [1.29, 1.82) is 0 Å². The highest BCUT2D eigenvalue weighted by molar-refractivity contribution is 7.98. The van der Waals surface area contributed by atoms with Gasteiger partial charge in [0.25, 0.3) is 0 Å². The van der Waals surface area contributed by atoms with E-state index in [9.17, 15) is 0 Å². The number of hydrazine groups is 1. The van der Waals surface area contributed by atoms with Gasteiger partial charge in [0.15, 0.2) is 5.16 Å². The summed E-state index contributed by atoms with van der Waals surface area (Å²) >= 11 is 1.49. The van der Waals surface area contributed by atoms with E-state index in [1.807, 2.05) is 12.3 Å². The van der Waals surface area contributed by atoms with E-state index in [1.165, 1.54) is 11.8 Å². The van der Waals surface area contributed by atoms with Gasteiger partial charge in [-0.15, -0.1) is 0 Å². The monoisotopic (exact) mass is 269 g/mol. The molecule has 2 rings (SSSR count). The van der Waals surface area contributed by atoms with Crippen molar-refractivity contribution in [2.24, 2.45) is 5.84 Å². The number of ether oxygens (including phenoxy) is 1. The van der Waals surface area contributed by atoms with E-state index in [1.54, 1.807) is 0 Å². The second-order valence-corrected chi connectivity index (χ2v) is 5.34. The smallest absolute Gasteiger partial charge is 0.191 e. The second kappa shape index (κ2) is 5.73. The number of nitrogens with two attached hydrogens (primary N) is 1. The Morgan fingerprint density at radius 3 is 2.61 bits per heavy atom. The lowest BCUT2D eigenvalue weighted by Gasteiger charge is -2.35. The molecule has 0 atom stereocenters. The van der Waals surface area contributed by atoms with Gasteiger partial charge in [0.1, 0.15) is 11.6 Å². The van der Waals surface area contributed by atoms with E-state index in [4.69, 9.17) is 10.6 Å². The fourth-order valence-corrected chi connectivity index (χ4v) is 2.29. The molecule has 1 aliphatic rings. The van der Waals surface area contributed by atoms with Crippen LogP contribution in [0.1, 0.15) is 19.8 Å². The molecule has 0 saturated carbocycles. The van der Waals surface area contributed by atoms with Crippen molar-refractivity contribution in [3.8, 4) is 0 Å². The minimum Gasteiger partial charge on any atom is -0.381 e. The van der Waals surface area contributed by atoms with Crippen LogP contribution in [0.25, 0.3) is 0 Å². The van der Waals surface area contributed by atoms with Gasteiger partial charge in [0.2, 0.25) is 0 Å². The van der Waals surface area contributed by atoms with Gasteiger partial charge in [-0.05, 0) is 26.0 Å². The Morgan fingerprint density at radius 2 is 2.00 bits per heavy atom. The molecule has 1 fully saturated rings. The van der Waals surface area contributed by atoms with Gasteiger partial charge in [-0.1, -0.05) is 11.8 Å². The average Bonchev–Trinajstić information content (AvgIpc) is 2.38. The van der Waals surface area contributed by atoms with E-state index in [-0.39, 0.29) is 5.54 Å². The third kappa shape index (κ3) is 3.24. The minimum atomic E-state index is 0.0220. The van der Waals surface area contributed by atoms with E-state index < -0.39 is 0 Å². The van der Waals surface area contributed by atoms with Crippen molar-refractivity contribution in [1.82, 2.24) is 9.97 Å². The minimum absolute atomic E-state index is 0.0220. The molecule has 18 heavy (non-hydrogen) atoms. The molecule has 1 saturated heterocycles. The highest BCUT2D eigenvalue weighted by Crippen LogP contribution is 2.26. The first-order valence-electron chi connectivity index (χ1n) is 5.91. The lowest BCUT2D eigenvalue weighted by Crippen LogP contribution is -2.41. The van der Waals surface area contributed by atoms with Crippen molar-refractivity contribution >= 4 is 23.4 Å². The summed E-state index contributed by atoms with van der Waals surface area (Å²) in [7, 11) is 0. The van der Waals surface area contributed by atoms with Crippen LogP contribution in [0, 0.1) is 0 Å². The predicted molar refractivity (Wildman–Crippen MR) is 73.7 cm³/mol. The number of thioether (sulfide) groups is 1. The molecule has 100 valence electrons. The Hall–Kier alpha value is -1.05. The number of hydrogen-bond acceptors (Lipinski definition) is 7. The average molecular weight is 269 g/mol. The lowest BCUT2D eigenvalue weighted by atomic mass is 9.92. The molecular weight excluding hydrogens is 250 g/mol. The Kier molecular flexibility index (Phi) is 4.26. The fraction of sp³-hybridized carbons (Fsp3) is 0.636. The zero-order valence-electron chi connectivity index (χ0n) is 10.7. The van der Waals surface area contributed by atoms with Crippen molar-refractivity contribution in [3.63, 3.8) is 0 Å². The molecule has 0 amide bonds. The summed E-state index contributed by atoms with van der Waals surface area (Å²) < 4.78 is 5.38. The van der Waals surface area contributed by atoms with Crippen molar-refractivity contribution in [2.75, 3.05) is 30.2 Å². The van der Waals surface area contributed by atoms with Gasteiger partial charge >= 0.3 is 0 Å². The molecule has 7 heteroatoms. The third-order valence-electron chi connectivity index (χ3n) is 3.06. The first-order chi connectivity index (χ1) is 8.65. The molecule has 0 radical (unpaired) electrons. The van der Waals surface area contributed by atoms with E-state index in [0.29, 0.717) is 11.0 Å². The quantitative estimate of drug-likeness (QED) is 0.330. The van der Waals surface area contributed by atoms with Gasteiger partial charge in [-0.2, -0.15) is 0 Å². The Morgan fingerprint density at radius 1 is 1.33 bits per heavy atom. The summed E-state index contributed by atoms with van der Waals surface area (Å²) in [4.78, 5) is 8.68. The Bertz CT molecular complexity index is 386. The zero-order valence-corrected chi connectivity index (χ0v) is 11.5. The molecule has 2 heterocycles. The molecule has 0 unspecified atom stereocenters. The second-order valence-electron chi connectivity index (χ2n) is 4.57. The SMILES string of the molecule is CSc1nc(NN)cc(NC2(C)CCOCC2)n1. The summed E-state index contributed by atoms with van der Waals surface area (Å²) in [5.74, 6) is 6.83. The molecule has 1 aromatic heterocycles. The summed E-state index contributed by atoms with van der Waals surface area (Å²) in [5, 5.41) is 4.16. The van der Waals surface area contributed by atoms with E-state index in [0.717, 1.165) is 31.9 Å². The van der Waals surface area contributed by atoms with E-state index in [2.05, 4.69) is 27.6 Å². The first-order valence-corrected chi connectivity index (χ1v) is 7.13. The zero-order chi connectivity index (χ0) is 13.0. The maximum absolute atomic E-state index is 5.41. The summed E-state index contributed by atoms with van der Waals surface area (Å²) in [6.07, 6.45) is 3.88. The van der Waals surface area contributed by atoms with Crippen LogP contribution in [0.15, 0.2) is 11.2 Å². The number of nitrogens with one attached hydrogen (secondary N) is 2. The number of anilines is 2. The van der Waals surface area contributed by atoms with Crippen molar-refractivity contribution in [2.45, 2.75) is 30.5 Å². The largest absolute Gasteiger partial charge is 0.381 e. The highest BCUT2D eigenvalue weighted by Gasteiger charge is 2.27. The summed E-state index contributed by atoms with van der Waals surface area (Å²) in [6, 6.07) is 1.82. The Labute approximate surface area is 111 Å². The molecule has 4 N–H and O–H groups in total. The van der Waals surface area contributed by atoms with Gasteiger partial charge in [-0.3, -0.25) is 0 Å². The molecular formula is C11H19N5OS. The predicted octanol–water partition coefficient (Wildman–Crippen LogP) is 1.47. The van der Waals surface area contributed by atoms with Gasteiger partial charge in [0.05, 0.1) is 0 Å². The maximum atomic E-state index is 5.41. The van der Waals surface area contributed by atoms with Crippen LogP contribution in [-0.4, -0.2) is 35.0 Å². The van der Waals surface area contributed by atoms with Gasteiger partial charge in [-0.25, -0.2) is 15.8 Å². The maximum Gasteiger partial charge on any atom is 0.191 e. The van der Waals surface area contributed by atoms with Crippen LogP contribution in [-0.2, 0) is 4.74 Å². The van der Waals surface area contributed by atoms with E-state index >= 15 is 0 Å². The van der Waals surface area contributed by atoms with Gasteiger partial charge < -0.3 is 15.5 Å². The molecule has 0 bridgehead atoms. The highest BCUT2D eigenvalue weighted by atomic mass is 32.2. The topological polar surface area (TPSA) is 85.1 Å². The standard InChI is InChI=1S/C11H19N5OS/c1-11(3-5-17-6-4-11)15-8-7-9(16-12)14-10(13-8)18-2/h7H,3-6,12H2,1-2H3,(H2,13,14,15,16). The van der Waals surface area contributed by atoms with Crippen LogP contribution >= 0.6 is 11.8 Å². The van der Waals surface area contributed by atoms with Crippen LogP contribution < -0.4 is 16.6 Å². The number of aromatic nitrogens is 2. The molecule has 0 spiro atoms. The lowest BCUT2D eigenvalue weighted by molar-refractivity contribution is 0.0657. The Balaban J connectivity index is 2.16.